The number of nitrogens with two attached hydrogens (primary N) is 1. The fourth-order valence-corrected chi connectivity index (χ4v) is 3.84. The van der Waals surface area contributed by atoms with E-state index in [2.05, 4.69) is 18.5 Å². The predicted octanol–water partition coefficient (Wildman–Crippen LogP) is 3.85. The minimum absolute atomic E-state index is 0.221. The molecule has 3 nitrogen and oxygen atoms in total. The van der Waals surface area contributed by atoms with Gasteiger partial charge in [-0.05, 0) is 38.0 Å². The monoisotopic (exact) mass is 261 g/mol. The van der Waals surface area contributed by atoms with Crippen molar-refractivity contribution in [2.24, 2.45) is 5.73 Å². The third-order valence-electron chi connectivity index (χ3n) is 4.85. The highest BCUT2D eigenvalue weighted by Crippen LogP contribution is 2.38. The van der Waals surface area contributed by atoms with Gasteiger partial charge in [0, 0.05) is 17.3 Å². The lowest BCUT2D eigenvalue weighted by Gasteiger charge is -2.26. The molecule has 0 amide bonds. The number of nitrogens with zero attached hydrogens (tertiary/aromatic N) is 2. The van der Waals surface area contributed by atoms with Gasteiger partial charge in [-0.25, -0.2) is 0 Å². The molecule has 1 aromatic heterocycles. The van der Waals surface area contributed by atoms with Crippen molar-refractivity contribution in [1.29, 1.82) is 0 Å². The van der Waals surface area contributed by atoms with Gasteiger partial charge in [-0.2, -0.15) is 5.10 Å². The number of hydrogen-bond acceptors (Lipinski definition) is 2. The molecule has 3 rings (SSSR count). The van der Waals surface area contributed by atoms with Crippen LogP contribution in [0.5, 0.6) is 0 Å². The Hall–Kier alpha value is -0.830. The van der Waals surface area contributed by atoms with Crippen LogP contribution in [-0.2, 0) is 6.42 Å². The third-order valence-corrected chi connectivity index (χ3v) is 4.85. The van der Waals surface area contributed by atoms with E-state index in [-0.39, 0.29) is 6.04 Å². The van der Waals surface area contributed by atoms with Gasteiger partial charge in [-0.3, -0.25) is 4.68 Å². The van der Waals surface area contributed by atoms with E-state index in [9.17, 15) is 0 Å². The predicted molar refractivity (Wildman–Crippen MR) is 78.3 cm³/mol. The molecular weight excluding hydrogens is 234 g/mol. The summed E-state index contributed by atoms with van der Waals surface area (Å²) < 4.78 is 2.38. The zero-order valence-corrected chi connectivity index (χ0v) is 12.4. The van der Waals surface area contributed by atoms with E-state index in [1.54, 1.807) is 0 Å². The molecule has 2 aliphatic carbocycles. The van der Waals surface area contributed by atoms with Crippen molar-refractivity contribution in [3.63, 3.8) is 0 Å². The zero-order chi connectivity index (χ0) is 13.4. The molecule has 1 unspecified atom stereocenters. The molecule has 106 valence electrons. The van der Waals surface area contributed by atoms with Crippen molar-refractivity contribution >= 4 is 0 Å². The number of rotatable bonds is 2. The van der Waals surface area contributed by atoms with Crippen LogP contribution in [-0.4, -0.2) is 9.78 Å². The first-order chi connectivity index (χ1) is 9.18. The van der Waals surface area contributed by atoms with Crippen LogP contribution >= 0.6 is 0 Å². The third kappa shape index (κ3) is 2.33. The van der Waals surface area contributed by atoms with E-state index in [4.69, 9.17) is 10.8 Å². The fourth-order valence-electron chi connectivity index (χ4n) is 3.84. The molecule has 19 heavy (non-hydrogen) atoms. The van der Waals surface area contributed by atoms with Gasteiger partial charge in [0.2, 0.25) is 0 Å². The Morgan fingerprint density at radius 2 is 1.84 bits per heavy atom. The standard InChI is InChI=1S/C16H27N3/c1-11(2)16-15-13(17)9-6-10-14(15)19(18-16)12-7-4-3-5-8-12/h11-13H,3-10,17H2,1-2H3. The van der Waals surface area contributed by atoms with Crippen molar-refractivity contribution in [3.05, 3.63) is 17.0 Å². The topological polar surface area (TPSA) is 43.8 Å². The molecule has 0 saturated heterocycles. The van der Waals surface area contributed by atoms with Gasteiger partial charge < -0.3 is 5.73 Å². The van der Waals surface area contributed by atoms with E-state index in [0.29, 0.717) is 12.0 Å². The van der Waals surface area contributed by atoms with Gasteiger partial charge in [0.05, 0.1) is 11.7 Å². The van der Waals surface area contributed by atoms with Crippen molar-refractivity contribution in [2.75, 3.05) is 0 Å². The maximum Gasteiger partial charge on any atom is 0.0700 e. The summed E-state index contributed by atoms with van der Waals surface area (Å²) in [5.41, 5.74) is 10.5. The molecule has 1 saturated carbocycles. The van der Waals surface area contributed by atoms with Crippen LogP contribution in [0.4, 0.5) is 0 Å². The highest BCUT2D eigenvalue weighted by molar-refractivity contribution is 5.34. The minimum atomic E-state index is 0.221. The van der Waals surface area contributed by atoms with E-state index in [0.717, 1.165) is 6.42 Å². The molecule has 0 radical (unpaired) electrons. The molecular formula is C16H27N3. The Kier molecular flexibility index (Phi) is 3.66. The SMILES string of the molecule is CC(C)c1nn(C2CCCCC2)c2c1C(N)CCC2. The Balaban J connectivity index is 2.02. The van der Waals surface area contributed by atoms with E-state index < -0.39 is 0 Å². The van der Waals surface area contributed by atoms with Crippen molar-refractivity contribution < 1.29 is 0 Å². The van der Waals surface area contributed by atoms with Crippen LogP contribution in [0.3, 0.4) is 0 Å². The Morgan fingerprint density at radius 1 is 1.11 bits per heavy atom. The lowest BCUT2D eigenvalue weighted by molar-refractivity contribution is 0.317. The molecule has 1 heterocycles. The summed E-state index contributed by atoms with van der Waals surface area (Å²) in [5.74, 6) is 0.489. The Morgan fingerprint density at radius 3 is 2.53 bits per heavy atom. The van der Waals surface area contributed by atoms with Crippen LogP contribution in [0.25, 0.3) is 0 Å². The number of aromatic nitrogens is 2. The van der Waals surface area contributed by atoms with Crippen molar-refractivity contribution in [1.82, 2.24) is 9.78 Å². The van der Waals surface area contributed by atoms with E-state index >= 15 is 0 Å². The summed E-state index contributed by atoms with van der Waals surface area (Å²) in [6.45, 7) is 4.49. The molecule has 2 aliphatic rings. The Labute approximate surface area is 116 Å². The van der Waals surface area contributed by atoms with E-state index in [1.807, 2.05) is 0 Å². The first-order valence-corrected chi connectivity index (χ1v) is 8.05. The van der Waals surface area contributed by atoms with Crippen molar-refractivity contribution in [3.8, 4) is 0 Å². The number of hydrogen-bond donors (Lipinski definition) is 1. The van der Waals surface area contributed by atoms with Crippen LogP contribution in [0, 0.1) is 0 Å². The van der Waals surface area contributed by atoms with Crippen LogP contribution in [0.1, 0.15) is 93.7 Å². The maximum absolute atomic E-state index is 6.37. The molecule has 0 bridgehead atoms. The summed E-state index contributed by atoms with van der Waals surface area (Å²) in [4.78, 5) is 0. The van der Waals surface area contributed by atoms with Crippen molar-refractivity contribution in [2.45, 2.75) is 83.2 Å². The van der Waals surface area contributed by atoms with Crippen LogP contribution in [0.15, 0.2) is 0 Å². The molecule has 2 N–H and O–H groups in total. The summed E-state index contributed by atoms with van der Waals surface area (Å²) >= 11 is 0. The average molecular weight is 261 g/mol. The number of fused-ring (bicyclic) bond motifs is 1. The molecule has 0 spiro atoms. The molecule has 1 fully saturated rings. The second kappa shape index (κ2) is 5.28. The second-order valence-corrected chi connectivity index (χ2v) is 6.64. The van der Waals surface area contributed by atoms with Gasteiger partial charge in [-0.15, -0.1) is 0 Å². The molecule has 0 aliphatic heterocycles. The van der Waals surface area contributed by atoms with E-state index in [1.165, 1.54) is 61.9 Å². The first kappa shape index (κ1) is 13.2. The average Bonchev–Trinajstić information content (AvgIpc) is 2.81. The van der Waals surface area contributed by atoms with Gasteiger partial charge in [0.25, 0.3) is 0 Å². The highest BCUT2D eigenvalue weighted by atomic mass is 15.3. The summed E-state index contributed by atoms with van der Waals surface area (Å²) in [6.07, 6.45) is 10.3. The second-order valence-electron chi connectivity index (χ2n) is 6.64. The highest BCUT2D eigenvalue weighted by Gasteiger charge is 2.30. The van der Waals surface area contributed by atoms with Gasteiger partial charge in [0.1, 0.15) is 0 Å². The summed E-state index contributed by atoms with van der Waals surface area (Å²) in [6, 6.07) is 0.860. The lowest BCUT2D eigenvalue weighted by Crippen LogP contribution is -2.22. The first-order valence-electron chi connectivity index (χ1n) is 8.05. The van der Waals surface area contributed by atoms with Gasteiger partial charge in [0.15, 0.2) is 0 Å². The lowest BCUT2D eigenvalue weighted by atomic mass is 9.88. The largest absolute Gasteiger partial charge is 0.324 e. The van der Waals surface area contributed by atoms with Crippen LogP contribution < -0.4 is 5.73 Å². The molecule has 0 aromatic carbocycles. The van der Waals surface area contributed by atoms with Crippen LogP contribution in [0.2, 0.25) is 0 Å². The molecule has 1 aromatic rings. The smallest absolute Gasteiger partial charge is 0.0700 e. The van der Waals surface area contributed by atoms with Gasteiger partial charge >= 0.3 is 0 Å². The summed E-state index contributed by atoms with van der Waals surface area (Å²) in [7, 11) is 0. The minimum Gasteiger partial charge on any atom is -0.324 e. The maximum atomic E-state index is 6.37. The fraction of sp³-hybridized carbons (Fsp3) is 0.812. The normalized spacial score (nSPS) is 24.7. The zero-order valence-electron chi connectivity index (χ0n) is 12.4. The quantitative estimate of drug-likeness (QED) is 0.878. The molecule has 3 heteroatoms. The van der Waals surface area contributed by atoms with Gasteiger partial charge in [-0.1, -0.05) is 33.1 Å². The molecule has 1 atom stereocenters. The Bertz CT molecular complexity index is 441. The summed E-state index contributed by atoms with van der Waals surface area (Å²) in [5, 5.41) is 5.00.